The van der Waals surface area contributed by atoms with Crippen molar-refractivity contribution in [1.29, 1.82) is 0 Å². The standard InChI is InChI=1S/C22H19N3O2/c1-13-3-7-19-17(11-13)20(26)22(27)9-10-25(21(22)24-19)16-6-8-18-15(12-16)5-4-14(2)23-18/h3-8,11-12,27H,9-10H2,1-2H3/t22-/m1/s1. The van der Waals surface area contributed by atoms with Crippen LogP contribution in [0.1, 0.15) is 28.0 Å². The molecule has 2 aromatic carbocycles. The molecule has 0 aliphatic carbocycles. The number of benzene rings is 2. The van der Waals surface area contributed by atoms with Crippen molar-refractivity contribution in [3.8, 4) is 0 Å². The fourth-order valence-electron chi connectivity index (χ4n) is 3.98. The topological polar surface area (TPSA) is 65.8 Å². The maximum atomic E-state index is 13.0. The van der Waals surface area contributed by atoms with Crippen LogP contribution in [0, 0.1) is 13.8 Å². The second-order valence-electron chi connectivity index (χ2n) is 7.38. The summed E-state index contributed by atoms with van der Waals surface area (Å²) < 4.78 is 0. The van der Waals surface area contributed by atoms with Crippen LogP contribution in [0.4, 0.5) is 11.4 Å². The van der Waals surface area contributed by atoms with Crippen molar-refractivity contribution in [3.05, 3.63) is 65.4 Å². The summed E-state index contributed by atoms with van der Waals surface area (Å²) in [7, 11) is 0. The van der Waals surface area contributed by atoms with Gasteiger partial charge < -0.3 is 10.0 Å². The van der Waals surface area contributed by atoms with Crippen LogP contribution < -0.4 is 4.90 Å². The molecule has 0 bridgehead atoms. The van der Waals surface area contributed by atoms with Gasteiger partial charge in [0.15, 0.2) is 5.60 Å². The number of hydrogen-bond acceptors (Lipinski definition) is 5. The van der Waals surface area contributed by atoms with E-state index in [1.54, 1.807) is 0 Å². The van der Waals surface area contributed by atoms with E-state index >= 15 is 0 Å². The van der Waals surface area contributed by atoms with Gasteiger partial charge in [-0.1, -0.05) is 17.7 Å². The molecule has 2 aliphatic heterocycles. The Morgan fingerprint density at radius 2 is 1.93 bits per heavy atom. The first-order valence-corrected chi connectivity index (χ1v) is 9.08. The average Bonchev–Trinajstić information content (AvgIpc) is 3.00. The first-order valence-electron chi connectivity index (χ1n) is 9.08. The third-order valence-electron chi connectivity index (χ3n) is 5.45. The second-order valence-corrected chi connectivity index (χ2v) is 7.38. The Bertz CT molecular complexity index is 1150. The Hall–Kier alpha value is -3.05. The number of nitrogens with zero attached hydrogens (tertiary/aromatic N) is 3. The lowest BCUT2D eigenvalue weighted by Crippen LogP contribution is -2.48. The summed E-state index contributed by atoms with van der Waals surface area (Å²) in [5, 5.41) is 12.2. The van der Waals surface area contributed by atoms with E-state index in [1.165, 1.54) is 0 Å². The third kappa shape index (κ3) is 2.32. The number of carbonyl (C=O) groups is 1. The van der Waals surface area contributed by atoms with Crippen LogP contribution in [0.3, 0.4) is 0 Å². The van der Waals surface area contributed by atoms with Gasteiger partial charge in [0.1, 0.15) is 5.84 Å². The molecule has 1 saturated heterocycles. The summed E-state index contributed by atoms with van der Waals surface area (Å²) in [6, 6.07) is 15.6. The summed E-state index contributed by atoms with van der Waals surface area (Å²) in [6.45, 7) is 4.44. The number of aromatic nitrogens is 1. The van der Waals surface area contributed by atoms with Gasteiger partial charge in [0.2, 0.25) is 5.78 Å². The zero-order chi connectivity index (χ0) is 18.8. The smallest absolute Gasteiger partial charge is 0.204 e. The molecule has 5 heteroatoms. The molecule has 1 aromatic heterocycles. The van der Waals surface area contributed by atoms with Crippen LogP contribution in [0.2, 0.25) is 0 Å². The Labute approximate surface area is 157 Å². The Balaban J connectivity index is 1.64. The Morgan fingerprint density at radius 1 is 1.07 bits per heavy atom. The highest BCUT2D eigenvalue weighted by Crippen LogP contribution is 2.40. The van der Waals surface area contributed by atoms with E-state index in [0.717, 1.165) is 27.8 Å². The van der Waals surface area contributed by atoms with Crippen LogP contribution in [0.5, 0.6) is 0 Å². The van der Waals surface area contributed by atoms with Crippen molar-refractivity contribution in [1.82, 2.24) is 4.98 Å². The van der Waals surface area contributed by atoms with Gasteiger partial charge in [-0.3, -0.25) is 9.78 Å². The Morgan fingerprint density at radius 3 is 2.78 bits per heavy atom. The molecule has 27 heavy (non-hydrogen) atoms. The van der Waals surface area contributed by atoms with Crippen LogP contribution in [0.25, 0.3) is 10.9 Å². The number of amidine groups is 1. The van der Waals surface area contributed by atoms with E-state index in [0.29, 0.717) is 30.1 Å². The van der Waals surface area contributed by atoms with E-state index in [9.17, 15) is 9.90 Å². The molecule has 1 N–H and O–H groups in total. The van der Waals surface area contributed by atoms with E-state index < -0.39 is 5.60 Å². The summed E-state index contributed by atoms with van der Waals surface area (Å²) in [5.74, 6) is 0.162. The number of aliphatic hydroxyl groups is 1. The van der Waals surface area contributed by atoms with E-state index in [2.05, 4.69) is 9.98 Å². The van der Waals surface area contributed by atoms with E-state index in [4.69, 9.17) is 0 Å². The molecule has 0 unspecified atom stereocenters. The molecule has 0 radical (unpaired) electrons. The van der Waals surface area contributed by atoms with Crippen molar-refractivity contribution in [2.45, 2.75) is 25.9 Å². The lowest BCUT2D eigenvalue weighted by Gasteiger charge is -2.30. The molecule has 0 amide bonds. The summed E-state index contributed by atoms with van der Waals surface area (Å²) in [5.41, 5.74) is 3.36. The molecule has 5 nitrogen and oxygen atoms in total. The van der Waals surface area contributed by atoms with Gasteiger partial charge in [-0.25, -0.2) is 4.99 Å². The first kappa shape index (κ1) is 16.1. The number of ketones is 1. The largest absolute Gasteiger partial charge is 0.374 e. The quantitative estimate of drug-likeness (QED) is 0.721. The van der Waals surface area contributed by atoms with E-state index in [1.807, 2.05) is 67.3 Å². The lowest BCUT2D eigenvalue weighted by molar-refractivity contribution is 0.0602. The molecule has 134 valence electrons. The van der Waals surface area contributed by atoms with Gasteiger partial charge >= 0.3 is 0 Å². The SMILES string of the molecule is Cc1ccc2c(c1)C(=O)[C@]1(O)CCN(c3ccc4nc(C)ccc4c3)C1=N2. The number of anilines is 1. The number of rotatable bonds is 1. The number of Topliss-reactive ketones (excluding diaryl/α,β-unsaturated/α-hetero) is 1. The minimum Gasteiger partial charge on any atom is -0.374 e. The third-order valence-corrected chi connectivity index (χ3v) is 5.45. The fraction of sp³-hybridized carbons (Fsp3) is 0.227. The van der Waals surface area contributed by atoms with Crippen molar-refractivity contribution < 1.29 is 9.90 Å². The molecular formula is C22H19N3O2. The summed E-state index contributed by atoms with van der Waals surface area (Å²) in [4.78, 5) is 24.2. The molecule has 1 fully saturated rings. The van der Waals surface area contributed by atoms with Crippen LogP contribution in [-0.2, 0) is 0 Å². The number of aliphatic imine (C=N–C) groups is 1. The van der Waals surface area contributed by atoms with Crippen molar-refractivity contribution >= 4 is 33.9 Å². The summed E-state index contributed by atoms with van der Waals surface area (Å²) in [6.07, 6.45) is 0.336. The number of fused-ring (bicyclic) bond motifs is 3. The fourth-order valence-corrected chi connectivity index (χ4v) is 3.98. The van der Waals surface area contributed by atoms with Crippen molar-refractivity contribution in [3.63, 3.8) is 0 Å². The molecule has 3 heterocycles. The predicted octanol–water partition coefficient (Wildman–Crippen LogP) is 3.72. The molecular weight excluding hydrogens is 338 g/mol. The maximum absolute atomic E-state index is 13.0. The first-order chi connectivity index (χ1) is 13.0. The van der Waals surface area contributed by atoms with E-state index in [-0.39, 0.29) is 5.78 Å². The number of pyridine rings is 1. The predicted molar refractivity (Wildman–Crippen MR) is 106 cm³/mol. The highest BCUT2D eigenvalue weighted by atomic mass is 16.3. The lowest BCUT2D eigenvalue weighted by atomic mass is 9.87. The Kier molecular flexibility index (Phi) is 3.27. The molecule has 0 saturated carbocycles. The molecule has 5 rings (SSSR count). The number of aryl methyl sites for hydroxylation is 2. The number of hydrogen-bond donors (Lipinski definition) is 1. The van der Waals surface area contributed by atoms with Crippen LogP contribution in [-0.4, -0.2) is 33.9 Å². The average molecular weight is 357 g/mol. The molecule has 1 atom stereocenters. The minimum atomic E-state index is -1.55. The highest BCUT2D eigenvalue weighted by Gasteiger charge is 2.52. The monoisotopic (exact) mass is 357 g/mol. The van der Waals surface area contributed by atoms with Crippen molar-refractivity contribution in [2.24, 2.45) is 4.99 Å². The second kappa shape index (κ2) is 5.47. The van der Waals surface area contributed by atoms with Gasteiger partial charge in [-0.2, -0.15) is 0 Å². The minimum absolute atomic E-state index is 0.258. The van der Waals surface area contributed by atoms with Crippen molar-refractivity contribution in [2.75, 3.05) is 11.4 Å². The van der Waals surface area contributed by atoms with Gasteiger partial charge in [-0.15, -0.1) is 0 Å². The van der Waals surface area contributed by atoms with Gasteiger partial charge in [-0.05, 0) is 50.2 Å². The number of carbonyl (C=O) groups excluding carboxylic acids is 1. The molecule has 3 aromatic rings. The van der Waals surface area contributed by atoms with Gasteiger partial charge in [0.25, 0.3) is 0 Å². The van der Waals surface area contributed by atoms with Crippen LogP contribution in [0.15, 0.2) is 53.5 Å². The van der Waals surface area contributed by atoms with Crippen LogP contribution >= 0.6 is 0 Å². The molecule has 2 aliphatic rings. The normalized spacial score (nSPS) is 21.2. The zero-order valence-corrected chi connectivity index (χ0v) is 15.2. The zero-order valence-electron chi connectivity index (χ0n) is 15.2. The maximum Gasteiger partial charge on any atom is 0.204 e. The van der Waals surface area contributed by atoms with Gasteiger partial charge in [0, 0.05) is 35.3 Å². The molecule has 0 spiro atoms. The highest BCUT2D eigenvalue weighted by molar-refractivity contribution is 6.28. The van der Waals surface area contributed by atoms with Gasteiger partial charge in [0.05, 0.1) is 11.2 Å². The summed E-state index contributed by atoms with van der Waals surface area (Å²) >= 11 is 0.